The van der Waals surface area contributed by atoms with Crippen LogP contribution in [-0.2, 0) is 0 Å². The number of benzene rings is 2. The van der Waals surface area contributed by atoms with Crippen LogP contribution in [0.4, 0.5) is 0 Å². The van der Waals surface area contributed by atoms with Gasteiger partial charge in [-0.15, -0.1) is 0 Å². The van der Waals surface area contributed by atoms with Gasteiger partial charge in [-0.25, -0.2) is 0 Å². The minimum absolute atomic E-state index is 0.0862. The van der Waals surface area contributed by atoms with Gasteiger partial charge >= 0.3 is 0 Å². The molecule has 0 bridgehead atoms. The van der Waals surface area contributed by atoms with E-state index in [1.165, 1.54) is 0 Å². The van der Waals surface area contributed by atoms with E-state index in [0.717, 1.165) is 46.9 Å². The lowest BCUT2D eigenvalue weighted by atomic mass is 9.96. The molecule has 0 saturated heterocycles. The molecule has 5 nitrogen and oxygen atoms in total. The van der Waals surface area contributed by atoms with Crippen molar-refractivity contribution in [3.63, 3.8) is 0 Å². The summed E-state index contributed by atoms with van der Waals surface area (Å²) in [6, 6.07) is 14.3. The summed E-state index contributed by atoms with van der Waals surface area (Å²) in [5, 5.41) is 6.98. The Bertz CT molecular complexity index is 818. The molecule has 4 rings (SSSR count). The number of hydrogen-bond acceptors (Lipinski definition) is 5. The summed E-state index contributed by atoms with van der Waals surface area (Å²) in [6.07, 6.45) is 1.60. The number of hydrazone groups is 1. The first kappa shape index (κ1) is 15.8. The van der Waals surface area contributed by atoms with Gasteiger partial charge in [0.05, 0.1) is 26.0 Å². The zero-order chi connectivity index (χ0) is 17.4. The van der Waals surface area contributed by atoms with E-state index in [9.17, 15) is 0 Å². The van der Waals surface area contributed by atoms with Crippen molar-refractivity contribution in [3.8, 4) is 17.2 Å². The van der Waals surface area contributed by atoms with Crippen LogP contribution in [0.3, 0.4) is 0 Å². The Kier molecular flexibility index (Phi) is 3.99. The Balaban J connectivity index is 1.73. The smallest absolute Gasteiger partial charge is 0.187 e. The molecule has 25 heavy (non-hydrogen) atoms. The third kappa shape index (κ3) is 2.60. The van der Waals surface area contributed by atoms with Crippen molar-refractivity contribution in [3.05, 3.63) is 53.6 Å². The summed E-state index contributed by atoms with van der Waals surface area (Å²) in [5.41, 5.74) is 3.28. The highest BCUT2D eigenvalue weighted by Gasteiger charge is 2.40. The molecule has 0 amide bonds. The number of rotatable bonds is 4. The van der Waals surface area contributed by atoms with Crippen molar-refractivity contribution < 1.29 is 14.2 Å². The fourth-order valence-electron chi connectivity index (χ4n) is 3.56. The molecule has 0 N–H and O–H groups in total. The maximum absolute atomic E-state index is 6.22. The second-order valence-corrected chi connectivity index (χ2v) is 6.24. The molecule has 0 saturated carbocycles. The molecule has 2 aliphatic rings. The Morgan fingerprint density at radius 3 is 2.76 bits per heavy atom. The summed E-state index contributed by atoms with van der Waals surface area (Å²) < 4.78 is 17.1. The van der Waals surface area contributed by atoms with Crippen molar-refractivity contribution in [2.24, 2.45) is 5.10 Å². The lowest BCUT2D eigenvalue weighted by molar-refractivity contribution is -0.0206. The highest BCUT2D eigenvalue weighted by atomic mass is 16.5. The van der Waals surface area contributed by atoms with Gasteiger partial charge in [-0.1, -0.05) is 31.2 Å². The van der Waals surface area contributed by atoms with Crippen molar-refractivity contribution in [1.82, 2.24) is 5.01 Å². The molecule has 0 unspecified atom stereocenters. The van der Waals surface area contributed by atoms with E-state index in [1.54, 1.807) is 14.2 Å². The van der Waals surface area contributed by atoms with Gasteiger partial charge in [0.2, 0.25) is 0 Å². The molecule has 2 aromatic carbocycles. The molecule has 0 aromatic heterocycles. The molecule has 2 aliphatic heterocycles. The van der Waals surface area contributed by atoms with E-state index in [2.05, 4.69) is 24.1 Å². The minimum Gasteiger partial charge on any atom is -0.497 e. The number of fused-ring (bicyclic) bond motifs is 3. The molecule has 0 spiro atoms. The van der Waals surface area contributed by atoms with Gasteiger partial charge in [0.25, 0.3) is 0 Å². The summed E-state index contributed by atoms with van der Waals surface area (Å²) in [7, 11) is 3.36. The van der Waals surface area contributed by atoms with Crippen LogP contribution >= 0.6 is 0 Å². The zero-order valence-electron chi connectivity index (χ0n) is 14.7. The molecular weight excluding hydrogens is 316 g/mol. The number of methoxy groups -OCH3 is 2. The number of nitrogens with zero attached hydrogens (tertiary/aromatic N) is 2. The Morgan fingerprint density at radius 1 is 1.16 bits per heavy atom. The largest absolute Gasteiger partial charge is 0.497 e. The molecule has 0 aliphatic carbocycles. The van der Waals surface area contributed by atoms with E-state index in [4.69, 9.17) is 19.3 Å². The Labute approximate surface area is 147 Å². The van der Waals surface area contributed by atoms with Crippen molar-refractivity contribution in [2.75, 3.05) is 14.2 Å². The van der Waals surface area contributed by atoms with Crippen LogP contribution in [0, 0.1) is 0 Å². The Hall–Kier alpha value is -2.69. The van der Waals surface area contributed by atoms with Crippen LogP contribution in [0.15, 0.2) is 47.6 Å². The zero-order valence-corrected chi connectivity index (χ0v) is 14.7. The van der Waals surface area contributed by atoms with Crippen molar-refractivity contribution in [2.45, 2.75) is 32.0 Å². The van der Waals surface area contributed by atoms with E-state index in [-0.39, 0.29) is 12.3 Å². The second-order valence-electron chi connectivity index (χ2n) is 6.24. The molecule has 2 heterocycles. The molecule has 0 fully saturated rings. The highest BCUT2D eigenvalue weighted by molar-refractivity contribution is 6.02. The second kappa shape index (κ2) is 6.31. The first-order chi connectivity index (χ1) is 12.2. The van der Waals surface area contributed by atoms with Crippen LogP contribution in [0.2, 0.25) is 0 Å². The molecule has 2 aromatic rings. The summed E-state index contributed by atoms with van der Waals surface area (Å²) in [6.45, 7) is 2.11. The van der Waals surface area contributed by atoms with Gasteiger partial charge in [-0.3, -0.25) is 5.01 Å². The lowest BCUT2D eigenvalue weighted by Crippen LogP contribution is -2.39. The van der Waals surface area contributed by atoms with Gasteiger partial charge in [0.1, 0.15) is 5.75 Å². The number of ether oxygens (including phenoxy) is 3. The van der Waals surface area contributed by atoms with Crippen molar-refractivity contribution in [1.29, 1.82) is 0 Å². The third-order valence-electron chi connectivity index (χ3n) is 4.83. The maximum Gasteiger partial charge on any atom is 0.187 e. The highest BCUT2D eigenvalue weighted by Crippen LogP contribution is 2.47. The van der Waals surface area contributed by atoms with Crippen LogP contribution < -0.4 is 14.2 Å². The first-order valence-corrected chi connectivity index (χ1v) is 8.59. The number of hydrogen-bond donors (Lipinski definition) is 0. The van der Waals surface area contributed by atoms with Gasteiger partial charge in [0.15, 0.2) is 17.7 Å². The number of para-hydroxylation sites is 1. The predicted molar refractivity (Wildman–Crippen MR) is 96.4 cm³/mol. The third-order valence-corrected chi connectivity index (χ3v) is 4.83. The standard InChI is InChI=1S/C20H22N2O3/c1-4-19-22-17(15-9-6-10-18(24-3)20(15)25-19)12-16(21-22)13-7-5-8-14(11-13)23-2/h5-11,17,19H,4,12H2,1-3H3/t17-,19+/m1/s1. The van der Waals surface area contributed by atoms with Crippen molar-refractivity contribution >= 4 is 5.71 Å². The van der Waals surface area contributed by atoms with Crippen LogP contribution in [-0.4, -0.2) is 31.2 Å². The fraction of sp³-hybridized carbons (Fsp3) is 0.350. The molecule has 2 atom stereocenters. The summed E-state index contributed by atoms with van der Waals surface area (Å²) >= 11 is 0. The normalized spacial score (nSPS) is 21.1. The predicted octanol–water partition coefficient (Wildman–Crippen LogP) is 3.98. The van der Waals surface area contributed by atoms with Gasteiger partial charge in [0, 0.05) is 24.0 Å². The first-order valence-electron chi connectivity index (χ1n) is 8.59. The van der Waals surface area contributed by atoms with E-state index >= 15 is 0 Å². The van der Waals surface area contributed by atoms with Crippen LogP contribution in [0.25, 0.3) is 0 Å². The average molecular weight is 338 g/mol. The fourth-order valence-corrected chi connectivity index (χ4v) is 3.56. The SMILES string of the molecule is CC[C@@H]1Oc2c(OC)cccc2[C@H]2CC(c3cccc(OC)c3)=NN12. The average Bonchev–Trinajstić information content (AvgIpc) is 3.12. The molecule has 0 radical (unpaired) electrons. The van der Waals surface area contributed by atoms with E-state index in [0.29, 0.717) is 0 Å². The topological polar surface area (TPSA) is 43.3 Å². The van der Waals surface area contributed by atoms with Crippen LogP contribution in [0.1, 0.15) is 36.9 Å². The lowest BCUT2D eigenvalue weighted by Gasteiger charge is -2.38. The maximum atomic E-state index is 6.22. The van der Waals surface area contributed by atoms with E-state index in [1.807, 2.05) is 30.3 Å². The van der Waals surface area contributed by atoms with E-state index < -0.39 is 0 Å². The van der Waals surface area contributed by atoms with Crippen LogP contribution in [0.5, 0.6) is 17.2 Å². The molecule has 130 valence electrons. The minimum atomic E-state index is -0.0862. The van der Waals surface area contributed by atoms with Gasteiger partial charge in [-0.2, -0.15) is 5.10 Å². The summed E-state index contributed by atoms with van der Waals surface area (Å²) in [4.78, 5) is 0. The van der Waals surface area contributed by atoms with Gasteiger partial charge in [-0.05, 0) is 18.2 Å². The summed E-state index contributed by atoms with van der Waals surface area (Å²) in [5.74, 6) is 2.47. The quantitative estimate of drug-likeness (QED) is 0.846. The Morgan fingerprint density at radius 2 is 2.00 bits per heavy atom. The monoisotopic (exact) mass is 338 g/mol. The molecular formula is C20H22N2O3. The molecule has 5 heteroatoms. The van der Waals surface area contributed by atoms with Gasteiger partial charge < -0.3 is 14.2 Å².